The lowest BCUT2D eigenvalue weighted by atomic mass is 9.87. The van der Waals surface area contributed by atoms with Crippen LogP contribution in [0.3, 0.4) is 0 Å². The lowest BCUT2D eigenvalue weighted by Gasteiger charge is -2.37. The standard InChI is InChI=1S/C21H33N3O/c1-16(2)15-24-13-11-18(12-14-24)22-21(25)23(3)20-10-6-8-17-7-4-5-9-19(17)20/h4-5,7,9,16,18,20H,6,8,10-15H2,1-3H3,(H,22,25)/t20-/m1/s1. The van der Waals surface area contributed by atoms with Crippen molar-refractivity contribution in [2.45, 2.75) is 58.0 Å². The molecule has 25 heavy (non-hydrogen) atoms. The maximum absolute atomic E-state index is 12.8. The van der Waals surface area contributed by atoms with Crippen LogP contribution >= 0.6 is 0 Å². The lowest BCUT2D eigenvalue weighted by molar-refractivity contribution is 0.157. The van der Waals surface area contributed by atoms with Crippen LogP contribution in [0.1, 0.15) is 56.7 Å². The maximum atomic E-state index is 12.8. The molecule has 138 valence electrons. The maximum Gasteiger partial charge on any atom is 0.317 e. The van der Waals surface area contributed by atoms with Gasteiger partial charge in [0.05, 0.1) is 6.04 Å². The molecule has 0 saturated carbocycles. The van der Waals surface area contributed by atoms with Gasteiger partial charge in [0.2, 0.25) is 0 Å². The van der Waals surface area contributed by atoms with Crippen molar-refractivity contribution < 1.29 is 4.79 Å². The van der Waals surface area contributed by atoms with Crippen molar-refractivity contribution in [1.82, 2.24) is 15.1 Å². The van der Waals surface area contributed by atoms with Gasteiger partial charge in [-0.1, -0.05) is 38.1 Å². The Morgan fingerprint density at radius 2 is 1.96 bits per heavy atom. The summed E-state index contributed by atoms with van der Waals surface area (Å²) in [4.78, 5) is 17.2. The Kier molecular flexibility index (Phi) is 6.00. The first-order valence-corrected chi connectivity index (χ1v) is 9.88. The number of nitrogens with one attached hydrogen (secondary N) is 1. The third-order valence-electron chi connectivity index (χ3n) is 5.66. The first-order chi connectivity index (χ1) is 12.0. The first-order valence-electron chi connectivity index (χ1n) is 9.88. The largest absolute Gasteiger partial charge is 0.335 e. The van der Waals surface area contributed by atoms with E-state index in [1.807, 2.05) is 11.9 Å². The molecule has 1 aromatic carbocycles. The summed E-state index contributed by atoms with van der Waals surface area (Å²) in [6, 6.07) is 9.21. The Bertz CT molecular complexity index is 578. The molecule has 1 saturated heterocycles. The fraction of sp³-hybridized carbons (Fsp3) is 0.667. The van der Waals surface area contributed by atoms with E-state index < -0.39 is 0 Å². The Hall–Kier alpha value is -1.55. The highest BCUT2D eigenvalue weighted by molar-refractivity contribution is 5.75. The molecule has 2 aliphatic rings. The third kappa shape index (κ3) is 4.55. The summed E-state index contributed by atoms with van der Waals surface area (Å²) in [6.07, 6.45) is 5.48. The molecule has 1 aliphatic carbocycles. The molecule has 0 radical (unpaired) electrons. The lowest BCUT2D eigenvalue weighted by Crippen LogP contribution is -2.49. The summed E-state index contributed by atoms with van der Waals surface area (Å²) < 4.78 is 0. The van der Waals surface area contributed by atoms with E-state index in [1.165, 1.54) is 17.7 Å². The van der Waals surface area contributed by atoms with Crippen LogP contribution < -0.4 is 5.32 Å². The topological polar surface area (TPSA) is 35.6 Å². The molecule has 1 aliphatic heterocycles. The molecule has 2 amide bonds. The average molecular weight is 344 g/mol. The van der Waals surface area contributed by atoms with E-state index in [9.17, 15) is 4.79 Å². The smallest absolute Gasteiger partial charge is 0.317 e. The van der Waals surface area contributed by atoms with Crippen LogP contribution in [0.2, 0.25) is 0 Å². The number of aryl methyl sites for hydroxylation is 1. The summed E-state index contributed by atoms with van der Waals surface area (Å²) >= 11 is 0. The minimum Gasteiger partial charge on any atom is -0.335 e. The molecule has 1 fully saturated rings. The minimum atomic E-state index is 0.0870. The van der Waals surface area contributed by atoms with Crippen LogP contribution in [-0.4, -0.2) is 48.6 Å². The third-order valence-corrected chi connectivity index (χ3v) is 5.66. The van der Waals surface area contributed by atoms with Crippen molar-refractivity contribution in [2.24, 2.45) is 5.92 Å². The second-order valence-corrected chi connectivity index (χ2v) is 8.14. The van der Waals surface area contributed by atoms with Crippen LogP contribution in [0.5, 0.6) is 0 Å². The van der Waals surface area contributed by atoms with Crippen molar-refractivity contribution in [3.8, 4) is 0 Å². The van der Waals surface area contributed by atoms with Gasteiger partial charge in [0.1, 0.15) is 0 Å². The number of hydrogen-bond acceptors (Lipinski definition) is 2. The van der Waals surface area contributed by atoms with Gasteiger partial charge in [-0.05, 0) is 49.1 Å². The predicted octanol–water partition coefficient (Wildman–Crippen LogP) is 3.83. The van der Waals surface area contributed by atoms with Gasteiger partial charge in [-0.15, -0.1) is 0 Å². The van der Waals surface area contributed by atoms with Crippen molar-refractivity contribution in [3.05, 3.63) is 35.4 Å². The van der Waals surface area contributed by atoms with Crippen LogP contribution in [-0.2, 0) is 6.42 Å². The van der Waals surface area contributed by atoms with Gasteiger partial charge in [0.15, 0.2) is 0 Å². The molecule has 1 aromatic rings. The average Bonchev–Trinajstić information content (AvgIpc) is 2.62. The molecule has 3 rings (SSSR count). The van der Waals surface area contributed by atoms with Gasteiger partial charge < -0.3 is 15.1 Å². The SMILES string of the molecule is CC(C)CN1CCC(NC(=O)N(C)[C@@H]2CCCc3ccccc32)CC1. The molecule has 1 N–H and O–H groups in total. The Labute approximate surface area is 152 Å². The second kappa shape index (κ2) is 8.22. The molecular formula is C21H33N3O. The number of urea groups is 1. The summed E-state index contributed by atoms with van der Waals surface area (Å²) in [5.41, 5.74) is 2.73. The zero-order chi connectivity index (χ0) is 17.8. The summed E-state index contributed by atoms with van der Waals surface area (Å²) in [7, 11) is 1.95. The monoisotopic (exact) mass is 343 g/mol. The number of carbonyl (C=O) groups is 1. The molecular weight excluding hydrogens is 310 g/mol. The zero-order valence-electron chi connectivity index (χ0n) is 16.0. The van der Waals surface area contributed by atoms with Crippen LogP contribution in [0.25, 0.3) is 0 Å². The van der Waals surface area contributed by atoms with E-state index in [0.717, 1.165) is 45.2 Å². The second-order valence-electron chi connectivity index (χ2n) is 8.14. The van der Waals surface area contributed by atoms with E-state index in [-0.39, 0.29) is 12.1 Å². The highest BCUT2D eigenvalue weighted by Gasteiger charge is 2.28. The van der Waals surface area contributed by atoms with Gasteiger partial charge in [-0.25, -0.2) is 4.79 Å². The number of piperidine rings is 1. The molecule has 0 spiro atoms. The molecule has 1 atom stereocenters. The first kappa shape index (κ1) is 18.2. The normalized spacial score (nSPS) is 21.8. The highest BCUT2D eigenvalue weighted by atomic mass is 16.2. The van der Waals surface area contributed by atoms with E-state index in [1.54, 1.807) is 0 Å². The number of amides is 2. The van der Waals surface area contributed by atoms with Gasteiger partial charge in [0.25, 0.3) is 0 Å². The summed E-state index contributed by atoms with van der Waals surface area (Å²) in [5, 5.41) is 3.28. The number of hydrogen-bond donors (Lipinski definition) is 1. The molecule has 0 unspecified atom stereocenters. The fourth-order valence-electron chi connectivity index (χ4n) is 4.32. The highest BCUT2D eigenvalue weighted by Crippen LogP contribution is 2.33. The van der Waals surface area contributed by atoms with Crippen molar-refractivity contribution >= 4 is 6.03 Å². The van der Waals surface area contributed by atoms with Gasteiger partial charge >= 0.3 is 6.03 Å². The fourth-order valence-corrected chi connectivity index (χ4v) is 4.32. The number of fused-ring (bicyclic) bond motifs is 1. The van der Waals surface area contributed by atoms with Gasteiger partial charge in [-0.3, -0.25) is 0 Å². The summed E-state index contributed by atoms with van der Waals surface area (Å²) in [6.45, 7) is 7.90. The molecule has 4 nitrogen and oxygen atoms in total. The minimum absolute atomic E-state index is 0.0870. The number of nitrogens with zero attached hydrogens (tertiary/aromatic N) is 2. The van der Waals surface area contributed by atoms with E-state index >= 15 is 0 Å². The molecule has 1 heterocycles. The van der Waals surface area contributed by atoms with E-state index in [4.69, 9.17) is 0 Å². The van der Waals surface area contributed by atoms with Crippen LogP contribution in [0.4, 0.5) is 4.79 Å². The number of likely N-dealkylation sites (tertiary alicyclic amines) is 1. The van der Waals surface area contributed by atoms with Crippen molar-refractivity contribution in [1.29, 1.82) is 0 Å². The van der Waals surface area contributed by atoms with Gasteiger partial charge in [0, 0.05) is 32.7 Å². The Morgan fingerprint density at radius 3 is 2.68 bits per heavy atom. The quantitative estimate of drug-likeness (QED) is 0.902. The number of benzene rings is 1. The van der Waals surface area contributed by atoms with Crippen LogP contribution in [0.15, 0.2) is 24.3 Å². The van der Waals surface area contributed by atoms with E-state index in [2.05, 4.69) is 48.3 Å². The molecule has 0 aromatic heterocycles. The Morgan fingerprint density at radius 1 is 1.24 bits per heavy atom. The number of carbonyl (C=O) groups excluding carboxylic acids is 1. The Balaban J connectivity index is 1.54. The van der Waals surface area contributed by atoms with Crippen molar-refractivity contribution in [2.75, 3.05) is 26.7 Å². The van der Waals surface area contributed by atoms with Crippen LogP contribution in [0, 0.1) is 5.92 Å². The predicted molar refractivity (Wildman–Crippen MR) is 103 cm³/mol. The molecule has 4 heteroatoms. The summed E-state index contributed by atoms with van der Waals surface area (Å²) in [5.74, 6) is 0.712. The van der Waals surface area contributed by atoms with E-state index in [0.29, 0.717) is 12.0 Å². The number of rotatable bonds is 4. The zero-order valence-corrected chi connectivity index (χ0v) is 16.0. The van der Waals surface area contributed by atoms with Gasteiger partial charge in [-0.2, -0.15) is 0 Å². The van der Waals surface area contributed by atoms with Crippen molar-refractivity contribution in [3.63, 3.8) is 0 Å². The molecule has 0 bridgehead atoms.